The lowest BCUT2D eigenvalue weighted by Gasteiger charge is -2.10. The number of anilines is 1. The summed E-state index contributed by atoms with van der Waals surface area (Å²) < 4.78 is 14.3. The van der Waals surface area contributed by atoms with Gasteiger partial charge < -0.3 is 10.4 Å². The molecule has 3 rings (SSSR count). The van der Waals surface area contributed by atoms with Gasteiger partial charge in [-0.05, 0) is 42.3 Å². The van der Waals surface area contributed by atoms with E-state index in [4.69, 9.17) is 0 Å². The molecule has 25 heavy (non-hydrogen) atoms. The third kappa shape index (κ3) is 4.27. The normalized spacial score (nSPS) is 12.0. The van der Waals surface area contributed by atoms with E-state index in [9.17, 15) is 14.3 Å². The zero-order valence-electron chi connectivity index (χ0n) is 13.6. The average Bonchev–Trinajstić information content (AvgIpc) is 3.04. The summed E-state index contributed by atoms with van der Waals surface area (Å²) in [6.07, 6.45) is 0.493. The van der Waals surface area contributed by atoms with Crippen molar-refractivity contribution >= 4 is 11.6 Å². The van der Waals surface area contributed by atoms with Gasteiger partial charge in [-0.2, -0.15) is 0 Å². The summed E-state index contributed by atoms with van der Waals surface area (Å²) in [5.41, 5.74) is 2.24. The Morgan fingerprint density at radius 2 is 2.04 bits per heavy atom. The van der Waals surface area contributed by atoms with E-state index < -0.39 is 12.0 Å². The minimum absolute atomic E-state index is 0.00723. The molecule has 0 radical (unpaired) electrons. The SMILES string of the molecule is Cc1cccc(NC(=O)c2ncn(C[C@H](O)c3ccc(F)cc3)n2)c1. The van der Waals surface area contributed by atoms with Gasteiger partial charge in [0, 0.05) is 5.69 Å². The molecule has 0 saturated carbocycles. The van der Waals surface area contributed by atoms with E-state index >= 15 is 0 Å². The fraction of sp³-hybridized carbons (Fsp3) is 0.167. The fourth-order valence-corrected chi connectivity index (χ4v) is 2.36. The predicted octanol–water partition coefficient (Wildman–Crippen LogP) is 2.71. The van der Waals surface area contributed by atoms with Crippen molar-refractivity contribution in [3.63, 3.8) is 0 Å². The lowest BCUT2D eigenvalue weighted by molar-refractivity contribution is 0.101. The maximum absolute atomic E-state index is 12.9. The Labute approximate surface area is 144 Å². The van der Waals surface area contributed by atoms with Crippen LogP contribution in [0.3, 0.4) is 0 Å². The number of aromatic nitrogens is 3. The third-order valence-corrected chi connectivity index (χ3v) is 3.63. The van der Waals surface area contributed by atoms with Crippen LogP contribution in [0.2, 0.25) is 0 Å². The number of aliphatic hydroxyl groups is 1. The number of nitrogens with one attached hydrogen (secondary N) is 1. The molecule has 0 spiro atoms. The molecule has 0 aliphatic heterocycles. The van der Waals surface area contributed by atoms with E-state index in [1.165, 1.54) is 35.3 Å². The van der Waals surface area contributed by atoms with E-state index in [0.29, 0.717) is 11.3 Å². The molecule has 1 aromatic heterocycles. The van der Waals surface area contributed by atoms with Crippen molar-refractivity contribution in [1.29, 1.82) is 0 Å². The maximum Gasteiger partial charge on any atom is 0.295 e. The van der Waals surface area contributed by atoms with Gasteiger partial charge in [0.2, 0.25) is 5.82 Å². The highest BCUT2D eigenvalue weighted by atomic mass is 19.1. The minimum Gasteiger partial charge on any atom is -0.386 e. The molecule has 0 fully saturated rings. The Hall–Kier alpha value is -3.06. The highest BCUT2D eigenvalue weighted by Crippen LogP contribution is 2.15. The number of aliphatic hydroxyl groups excluding tert-OH is 1. The Balaban J connectivity index is 1.65. The summed E-state index contributed by atoms with van der Waals surface area (Å²) in [5, 5.41) is 17.0. The van der Waals surface area contributed by atoms with Crippen LogP contribution >= 0.6 is 0 Å². The van der Waals surface area contributed by atoms with Crippen LogP contribution in [-0.4, -0.2) is 25.8 Å². The van der Waals surface area contributed by atoms with Crippen LogP contribution in [0.25, 0.3) is 0 Å². The van der Waals surface area contributed by atoms with Crippen LogP contribution in [0.15, 0.2) is 54.9 Å². The van der Waals surface area contributed by atoms with Crippen molar-refractivity contribution in [2.45, 2.75) is 19.6 Å². The quantitative estimate of drug-likeness (QED) is 0.748. The summed E-state index contributed by atoms with van der Waals surface area (Å²) in [7, 11) is 0. The number of halogens is 1. The van der Waals surface area contributed by atoms with Crippen molar-refractivity contribution in [1.82, 2.24) is 14.8 Å². The zero-order valence-corrected chi connectivity index (χ0v) is 13.6. The Morgan fingerprint density at radius 1 is 1.28 bits per heavy atom. The Morgan fingerprint density at radius 3 is 2.76 bits per heavy atom. The number of hydrogen-bond acceptors (Lipinski definition) is 4. The first-order valence-electron chi connectivity index (χ1n) is 7.72. The summed E-state index contributed by atoms with van der Waals surface area (Å²) >= 11 is 0. The molecule has 0 saturated heterocycles. The van der Waals surface area contributed by atoms with Gasteiger partial charge in [-0.25, -0.2) is 14.1 Å². The standard InChI is InChI=1S/C18H17FN4O2/c1-12-3-2-4-15(9-12)21-18(25)17-20-11-23(22-17)10-16(24)13-5-7-14(19)8-6-13/h2-9,11,16,24H,10H2,1H3,(H,21,25)/t16-/m0/s1. The van der Waals surface area contributed by atoms with Crippen LogP contribution < -0.4 is 5.32 Å². The van der Waals surface area contributed by atoms with Crippen LogP contribution in [0.1, 0.15) is 27.8 Å². The summed E-state index contributed by atoms with van der Waals surface area (Å²) in [5.74, 6) is -0.791. The second-order valence-corrected chi connectivity index (χ2v) is 5.68. The van der Waals surface area contributed by atoms with E-state index in [1.54, 1.807) is 6.07 Å². The van der Waals surface area contributed by atoms with E-state index in [1.807, 2.05) is 25.1 Å². The number of aryl methyl sites for hydroxylation is 1. The molecular formula is C18H17FN4O2. The van der Waals surface area contributed by atoms with Gasteiger partial charge in [-0.15, -0.1) is 5.10 Å². The Bertz CT molecular complexity index is 877. The molecule has 2 N–H and O–H groups in total. The number of carbonyl (C=O) groups is 1. The molecule has 0 unspecified atom stereocenters. The van der Waals surface area contributed by atoms with Crippen molar-refractivity contribution in [3.8, 4) is 0 Å². The summed E-state index contributed by atoms with van der Waals surface area (Å²) in [4.78, 5) is 16.1. The maximum atomic E-state index is 12.9. The van der Waals surface area contributed by atoms with Crippen molar-refractivity contribution in [2.24, 2.45) is 0 Å². The molecule has 0 aliphatic carbocycles. The molecule has 6 nitrogen and oxygen atoms in total. The third-order valence-electron chi connectivity index (χ3n) is 3.63. The number of benzene rings is 2. The number of carbonyl (C=O) groups excluding carboxylic acids is 1. The second-order valence-electron chi connectivity index (χ2n) is 5.68. The van der Waals surface area contributed by atoms with Crippen LogP contribution in [0, 0.1) is 12.7 Å². The molecule has 3 aromatic rings. The van der Waals surface area contributed by atoms with Crippen molar-refractivity contribution in [2.75, 3.05) is 5.32 Å². The number of rotatable bonds is 5. The van der Waals surface area contributed by atoms with Crippen molar-refractivity contribution in [3.05, 3.63) is 77.6 Å². The monoisotopic (exact) mass is 340 g/mol. The first-order chi connectivity index (χ1) is 12.0. The topological polar surface area (TPSA) is 80.0 Å². The molecular weight excluding hydrogens is 323 g/mol. The van der Waals surface area contributed by atoms with E-state index in [2.05, 4.69) is 15.4 Å². The molecule has 7 heteroatoms. The fourth-order valence-electron chi connectivity index (χ4n) is 2.36. The number of hydrogen-bond donors (Lipinski definition) is 2. The predicted molar refractivity (Wildman–Crippen MR) is 90.5 cm³/mol. The van der Waals surface area contributed by atoms with Gasteiger partial charge in [0.1, 0.15) is 12.1 Å². The lowest BCUT2D eigenvalue weighted by Crippen LogP contribution is -2.15. The Kier molecular flexibility index (Phi) is 4.85. The van der Waals surface area contributed by atoms with Gasteiger partial charge in [-0.3, -0.25) is 4.79 Å². The van der Waals surface area contributed by atoms with Gasteiger partial charge in [0.25, 0.3) is 5.91 Å². The number of amides is 1. The van der Waals surface area contributed by atoms with Crippen LogP contribution in [-0.2, 0) is 6.54 Å². The first-order valence-corrected chi connectivity index (χ1v) is 7.72. The molecule has 1 atom stereocenters. The van der Waals surface area contributed by atoms with Crippen LogP contribution in [0.5, 0.6) is 0 Å². The minimum atomic E-state index is -0.880. The van der Waals surface area contributed by atoms with Crippen molar-refractivity contribution < 1.29 is 14.3 Å². The van der Waals surface area contributed by atoms with E-state index in [-0.39, 0.29) is 18.2 Å². The number of nitrogens with zero attached hydrogens (tertiary/aromatic N) is 3. The highest BCUT2D eigenvalue weighted by molar-refractivity contribution is 6.01. The second kappa shape index (κ2) is 7.23. The lowest BCUT2D eigenvalue weighted by atomic mass is 10.1. The van der Waals surface area contributed by atoms with E-state index in [0.717, 1.165) is 5.56 Å². The van der Waals surface area contributed by atoms with Gasteiger partial charge in [0.15, 0.2) is 0 Å². The smallest absolute Gasteiger partial charge is 0.295 e. The van der Waals surface area contributed by atoms with Gasteiger partial charge in [-0.1, -0.05) is 24.3 Å². The van der Waals surface area contributed by atoms with Crippen LogP contribution in [0.4, 0.5) is 10.1 Å². The van der Waals surface area contributed by atoms with Gasteiger partial charge in [0.05, 0.1) is 12.6 Å². The zero-order chi connectivity index (χ0) is 17.8. The average molecular weight is 340 g/mol. The highest BCUT2D eigenvalue weighted by Gasteiger charge is 2.14. The summed E-state index contributed by atoms with van der Waals surface area (Å²) in [6.45, 7) is 2.04. The molecule has 0 bridgehead atoms. The largest absolute Gasteiger partial charge is 0.386 e. The molecule has 1 amide bonds. The molecule has 0 aliphatic rings. The molecule has 128 valence electrons. The molecule has 1 heterocycles. The van der Waals surface area contributed by atoms with Gasteiger partial charge >= 0.3 is 0 Å². The first kappa shape index (κ1) is 16.8. The molecule has 2 aromatic carbocycles. The summed E-state index contributed by atoms with van der Waals surface area (Å²) in [6, 6.07) is 13.0.